The fraction of sp³-hybridized carbons (Fsp3) is 0.600. The summed E-state index contributed by atoms with van der Waals surface area (Å²) in [5, 5.41) is 0. The number of hydrogen-bond acceptors (Lipinski definition) is 0. The first-order chi connectivity index (χ1) is 9.37. The fourth-order valence-electron chi connectivity index (χ4n) is 5.15. The molecule has 0 bridgehead atoms. The van der Waals surface area contributed by atoms with Gasteiger partial charge in [0, 0.05) is 0 Å². The Kier molecular flexibility index (Phi) is 2.40. The van der Waals surface area contributed by atoms with E-state index in [0.29, 0.717) is 10.8 Å². The average Bonchev–Trinajstić information content (AvgIpc) is 2.35. The van der Waals surface area contributed by atoms with Crippen LogP contribution in [0.25, 0.3) is 6.08 Å². The summed E-state index contributed by atoms with van der Waals surface area (Å²) in [6, 6.07) is 4.81. The van der Waals surface area contributed by atoms with Crippen LogP contribution in [0.4, 0.5) is 0 Å². The molecule has 0 aliphatic heterocycles. The zero-order valence-corrected chi connectivity index (χ0v) is 13.3. The highest BCUT2D eigenvalue weighted by atomic mass is 14.5. The van der Waals surface area contributed by atoms with Crippen LogP contribution in [0.2, 0.25) is 0 Å². The summed E-state index contributed by atoms with van der Waals surface area (Å²) >= 11 is 0. The normalized spacial score (nSPS) is 31.8. The molecule has 0 heteroatoms. The van der Waals surface area contributed by atoms with Crippen LogP contribution in [0, 0.1) is 10.8 Å². The lowest BCUT2D eigenvalue weighted by Gasteiger charge is -2.47. The van der Waals surface area contributed by atoms with E-state index in [0.717, 1.165) is 11.8 Å². The summed E-state index contributed by atoms with van der Waals surface area (Å²) in [5.74, 6) is 1.57. The fourth-order valence-corrected chi connectivity index (χ4v) is 5.15. The Morgan fingerprint density at radius 1 is 1.00 bits per heavy atom. The third kappa shape index (κ3) is 1.66. The minimum absolute atomic E-state index is 0.333. The molecule has 0 spiro atoms. The van der Waals surface area contributed by atoms with E-state index in [4.69, 9.17) is 0 Å². The lowest BCUT2D eigenvalue weighted by molar-refractivity contribution is 0.237. The lowest BCUT2D eigenvalue weighted by Crippen LogP contribution is -2.34. The van der Waals surface area contributed by atoms with Crippen LogP contribution >= 0.6 is 0 Å². The molecule has 2 unspecified atom stereocenters. The number of rotatable bonds is 0. The van der Waals surface area contributed by atoms with Gasteiger partial charge in [0.1, 0.15) is 0 Å². The van der Waals surface area contributed by atoms with Crippen molar-refractivity contribution in [2.45, 2.75) is 65.2 Å². The summed E-state index contributed by atoms with van der Waals surface area (Å²) in [4.78, 5) is 0. The molecule has 0 N–H and O–H groups in total. The summed E-state index contributed by atoms with van der Waals surface area (Å²) in [6.07, 6.45) is 10.3. The monoisotopic (exact) mass is 266 g/mol. The second-order valence-corrected chi connectivity index (χ2v) is 8.67. The van der Waals surface area contributed by atoms with Crippen LogP contribution < -0.4 is 0 Å². The van der Waals surface area contributed by atoms with Crippen molar-refractivity contribution in [2.24, 2.45) is 10.8 Å². The van der Waals surface area contributed by atoms with E-state index in [1.807, 2.05) is 0 Å². The molecule has 0 amide bonds. The summed E-state index contributed by atoms with van der Waals surface area (Å²) < 4.78 is 0. The van der Waals surface area contributed by atoms with E-state index >= 15 is 0 Å². The summed E-state index contributed by atoms with van der Waals surface area (Å²) in [6.45, 7) is 9.74. The molecule has 0 saturated heterocycles. The Morgan fingerprint density at radius 3 is 2.60 bits per heavy atom. The first-order valence-electron chi connectivity index (χ1n) is 8.22. The first-order valence-corrected chi connectivity index (χ1v) is 8.22. The van der Waals surface area contributed by atoms with Gasteiger partial charge in [-0.3, -0.25) is 0 Å². The maximum Gasteiger partial charge on any atom is -0.00668 e. The van der Waals surface area contributed by atoms with Gasteiger partial charge in [0.2, 0.25) is 0 Å². The zero-order valence-electron chi connectivity index (χ0n) is 13.3. The molecule has 1 aromatic carbocycles. The maximum atomic E-state index is 2.45. The van der Waals surface area contributed by atoms with Crippen LogP contribution in [-0.4, -0.2) is 0 Å². The van der Waals surface area contributed by atoms with Crippen molar-refractivity contribution in [3.8, 4) is 0 Å². The van der Waals surface area contributed by atoms with E-state index in [-0.39, 0.29) is 0 Å². The predicted octanol–water partition coefficient (Wildman–Crippen LogP) is 5.67. The largest absolute Gasteiger partial charge is 0.0776 e. The summed E-state index contributed by atoms with van der Waals surface area (Å²) in [7, 11) is 0. The number of benzene rings is 1. The molecule has 0 fully saturated rings. The van der Waals surface area contributed by atoms with Crippen molar-refractivity contribution in [1.82, 2.24) is 0 Å². The van der Waals surface area contributed by atoms with Crippen LogP contribution in [0.1, 0.15) is 81.0 Å². The Labute approximate surface area is 123 Å². The van der Waals surface area contributed by atoms with E-state index < -0.39 is 0 Å². The van der Waals surface area contributed by atoms with E-state index in [1.165, 1.54) is 31.2 Å². The van der Waals surface area contributed by atoms with Crippen molar-refractivity contribution >= 4 is 6.08 Å². The molecule has 0 heterocycles. The molecule has 4 rings (SSSR count). The minimum Gasteiger partial charge on any atom is -0.0776 e. The third-order valence-electron chi connectivity index (χ3n) is 6.03. The van der Waals surface area contributed by atoms with Crippen LogP contribution in [-0.2, 0) is 6.42 Å². The topological polar surface area (TPSA) is 0 Å². The van der Waals surface area contributed by atoms with Crippen molar-refractivity contribution in [2.75, 3.05) is 0 Å². The van der Waals surface area contributed by atoms with Gasteiger partial charge >= 0.3 is 0 Å². The average molecular weight is 266 g/mol. The van der Waals surface area contributed by atoms with Gasteiger partial charge in [0.05, 0.1) is 0 Å². The van der Waals surface area contributed by atoms with Crippen LogP contribution in [0.15, 0.2) is 18.2 Å². The highest BCUT2D eigenvalue weighted by molar-refractivity contribution is 5.65. The second-order valence-electron chi connectivity index (χ2n) is 8.67. The molecule has 20 heavy (non-hydrogen) atoms. The molecular formula is C20H26. The molecule has 0 nitrogen and oxygen atoms in total. The Morgan fingerprint density at radius 2 is 1.80 bits per heavy atom. The number of allylic oxidation sites excluding steroid dienone is 1. The second kappa shape index (κ2) is 3.78. The Balaban J connectivity index is 1.96. The van der Waals surface area contributed by atoms with Gasteiger partial charge in [0.25, 0.3) is 0 Å². The van der Waals surface area contributed by atoms with Crippen LogP contribution in [0.3, 0.4) is 0 Å². The van der Waals surface area contributed by atoms with Gasteiger partial charge in [-0.2, -0.15) is 0 Å². The zero-order chi connectivity index (χ0) is 14.1. The Bertz CT molecular complexity index is 601. The Hall–Kier alpha value is -1.04. The van der Waals surface area contributed by atoms with Crippen molar-refractivity contribution < 1.29 is 0 Å². The van der Waals surface area contributed by atoms with Crippen LogP contribution in [0.5, 0.6) is 0 Å². The molecule has 3 aliphatic rings. The van der Waals surface area contributed by atoms with Gasteiger partial charge in [-0.15, -0.1) is 0 Å². The van der Waals surface area contributed by atoms with Gasteiger partial charge in [-0.1, -0.05) is 52.0 Å². The van der Waals surface area contributed by atoms with Gasteiger partial charge in [0.15, 0.2) is 0 Å². The lowest BCUT2D eigenvalue weighted by atomic mass is 9.57. The SMILES string of the molecule is CC1(C)Cc2ccc3c4c2C(CCC4C(C)(C)C=C3)C1. The molecular weight excluding hydrogens is 240 g/mol. The highest BCUT2D eigenvalue weighted by Crippen LogP contribution is 2.57. The van der Waals surface area contributed by atoms with E-state index in [9.17, 15) is 0 Å². The highest BCUT2D eigenvalue weighted by Gasteiger charge is 2.43. The molecule has 0 radical (unpaired) electrons. The molecule has 1 aromatic rings. The standard InChI is InChI=1S/C20H26/c1-19(2)11-14-6-5-13-9-10-20(3,4)16-8-7-15(12-19)17(14)18(13)16/h5-6,9-10,15-16H,7-8,11-12H2,1-4H3. The molecule has 0 saturated carbocycles. The number of hydrogen-bond donors (Lipinski definition) is 0. The van der Waals surface area contributed by atoms with Crippen molar-refractivity contribution in [3.05, 3.63) is 40.5 Å². The van der Waals surface area contributed by atoms with Gasteiger partial charge in [-0.25, -0.2) is 0 Å². The minimum atomic E-state index is 0.333. The summed E-state index contributed by atoms with van der Waals surface area (Å²) in [5.41, 5.74) is 7.47. The van der Waals surface area contributed by atoms with Crippen molar-refractivity contribution in [3.63, 3.8) is 0 Å². The van der Waals surface area contributed by atoms with E-state index in [1.54, 1.807) is 16.7 Å². The molecule has 106 valence electrons. The van der Waals surface area contributed by atoms with Crippen molar-refractivity contribution in [1.29, 1.82) is 0 Å². The maximum absolute atomic E-state index is 2.45. The van der Waals surface area contributed by atoms with Gasteiger partial charge < -0.3 is 0 Å². The first kappa shape index (κ1) is 12.7. The molecule has 3 aliphatic carbocycles. The van der Waals surface area contributed by atoms with E-state index in [2.05, 4.69) is 52.0 Å². The molecule has 2 atom stereocenters. The smallest absolute Gasteiger partial charge is 0.00668 e. The predicted molar refractivity (Wildman–Crippen MR) is 86.1 cm³/mol. The van der Waals surface area contributed by atoms with Gasteiger partial charge in [-0.05, 0) is 70.6 Å². The quantitative estimate of drug-likeness (QED) is 0.567. The third-order valence-corrected chi connectivity index (χ3v) is 6.03. The molecule has 0 aromatic heterocycles.